The van der Waals surface area contributed by atoms with Crippen LogP contribution in [0.25, 0.3) is 0 Å². The Morgan fingerprint density at radius 1 is 1.41 bits per heavy atom. The molecule has 0 radical (unpaired) electrons. The van der Waals surface area contributed by atoms with E-state index in [1.54, 1.807) is 0 Å². The van der Waals surface area contributed by atoms with Gasteiger partial charge in [0.05, 0.1) is 12.0 Å². The third-order valence-corrected chi connectivity index (χ3v) is 7.50. The van der Waals surface area contributed by atoms with Crippen LogP contribution in [0.15, 0.2) is 0 Å². The molecule has 0 aromatic heterocycles. The summed E-state index contributed by atoms with van der Waals surface area (Å²) < 4.78 is 22.5. The summed E-state index contributed by atoms with van der Waals surface area (Å²) in [6.07, 6.45) is 0.949. The zero-order valence-corrected chi connectivity index (χ0v) is 12.8. The molecular weight excluding hydrogens is 302 g/mol. The van der Waals surface area contributed by atoms with Crippen molar-refractivity contribution in [3.63, 3.8) is 0 Å². The van der Waals surface area contributed by atoms with Gasteiger partial charge in [0, 0.05) is 37.1 Å². The predicted molar refractivity (Wildman–Crippen MR) is 74.1 cm³/mol. The molecule has 0 aromatic carbocycles. The number of nitrogens with zero attached hydrogens (tertiary/aromatic N) is 2. The average Bonchev–Trinajstić information content (AvgIpc) is 2.79. The lowest BCUT2D eigenvalue weighted by Crippen LogP contribution is -2.40. The molecule has 2 rings (SSSR count). The Balaban J connectivity index is 2.15. The third-order valence-electron chi connectivity index (χ3n) is 2.95. The van der Waals surface area contributed by atoms with Crippen LogP contribution in [0.4, 0.5) is 0 Å². The van der Waals surface area contributed by atoms with E-state index in [0.717, 1.165) is 18.7 Å². The number of rotatable bonds is 5. The van der Waals surface area contributed by atoms with E-state index in [4.69, 9.17) is 27.7 Å². The van der Waals surface area contributed by atoms with E-state index in [2.05, 4.69) is 0 Å². The SMILES string of the molecule is O=P1(N(CCCl)CCCl)OCCC2SCCN21. The van der Waals surface area contributed by atoms with Crippen molar-refractivity contribution in [2.75, 3.05) is 43.8 Å². The number of hydrogen-bond donors (Lipinski definition) is 0. The summed E-state index contributed by atoms with van der Waals surface area (Å²) >= 11 is 13.4. The maximum Gasteiger partial charge on any atom is 0.347 e. The molecule has 2 fully saturated rings. The molecule has 0 amide bonds. The maximum atomic E-state index is 13.0. The number of fused-ring (bicyclic) bond motifs is 1. The Kier molecular flexibility index (Phi) is 5.50. The van der Waals surface area contributed by atoms with E-state index in [1.165, 1.54) is 0 Å². The van der Waals surface area contributed by atoms with Gasteiger partial charge >= 0.3 is 7.67 Å². The first-order chi connectivity index (χ1) is 8.22. The largest absolute Gasteiger partial charge is 0.347 e. The highest BCUT2D eigenvalue weighted by atomic mass is 35.5. The Labute approximate surface area is 116 Å². The second-order valence-corrected chi connectivity index (χ2v) is 8.29. The lowest BCUT2D eigenvalue weighted by atomic mass is 10.4. The van der Waals surface area contributed by atoms with Gasteiger partial charge in [-0.2, -0.15) is 0 Å². The van der Waals surface area contributed by atoms with Gasteiger partial charge < -0.3 is 4.52 Å². The van der Waals surface area contributed by atoms with E-state index in [9.17, 15) is 4.57 Å². The highest BCUT2D eigenvalue weighted by Gasteiger charge is 2.47. The number of alkyl halides is 2. The minimum Gasteiger partial charge on any atom is -0.306 e. The average molecular weight is 319 g/mol. The lowest BCUT2D eigenvalue weighted by molar-refractivity contribution is 0.166. The van der Waals surface area contributed by atoms with Gasteiger partial charge in [-0.25, -0.2) is 9.34 Å². The van der Waals surface area contributed by atoms with E-state index in [1.807, 2.05) is 21.1 Å². The van der Waals surface area contributed by atoms with Gasteiger partial charge in [-0.15, -0.1) is 35.0 Å². The van der Waals surface area contributed by atoms with Gasteiger partial charge in [0.25, 0.3) is 0 Å². The van der Waals surface area contributed by atoms with Crippen LogP contribution in [0.1, 0.15) is 6.42 Å². The third kappa shape index (κ3) is 2.97. The van der Waals surface area contributed by atoms with Crippen molar-refractivity contribution in [2.45, 2.75) is 11.8 Å². The highest BCUT2D eigenvalue weighted by Crippen LogP contribution is 2.61. The molecule has 4 nitrogen and oxygen atoms in total. The predicted octanol–water partition coefficient (Wildman–Crippen LogP) is 2.67. The van der Waals surface area contributed by atoms with Crippen molar-refractivity contribution in [1.82, 2.24) is 9.34 Å². The van der Waals surface area contributed by atoms with Crippen LogP contribution in [0.2, 0.25) is 0 Å². The van der Waals surface area contributed by atoms with Crippen molar-refractivity contribution >= 4 is 42.6 Å². The van der Waals surface area contributed by atoms with Crippen molar-refractivity contribution in [3.8, 4) is 0 Å². The Bertz CT molecular complexity index is 305. The normalized spacial score (nSPS) is 34.2. The molecule has 2 aliphatic rings. The van der Waals surface area contributed by atoms with Crippen LogP contribution in [0.5, 0.6) is 0 Å². The smallest absolute Gasteiger partial charge is 0.306 e. The van der Waals surface area contributed by atoms with E-state index >= 15 is 0 Å². The molecule has 0 saturated carbocycles. The topological polar surface area (TPSA) is 32.8 Å². The second-order valence-electron chi connectivity index (χ2n) is 3.93. The first-order valence-corrected chi connectivity index (χ1v) is 9.38. The summed E-state index contributed by atoms with van der Waals surface area (Å²) in [7, 11) is -2.88. The zero-order valence-electron chi connectivity index (χ0n) is 9.56. The van der Waals surface area contributed by atoms with Gasteiger partial charge in [-0.05, 0) is 6.42 Å². The molecule has 2 heterocycles. The van der Waals surface area contributed by atoms with Crippen molar-refractivity contribution in [1.29, 1.82) is 0 Å². The fourth-order valence-corrected chi connectivity index (χ4v) is 7.11. The van der Waals surface area contributed by atoms with E-state index in [-0.39, 0.29) is 0 Å². The summed E-state index contributed by atoms with van der Waals surface area (Å²) in [5.41, 5.74) is 0. The van der Waals surface area contributed by atoms with Crippen LogP contribution in [0, 0.1) is 0 Å². The van der Waals surface area contributed by atoms with Crippen LogP contribution in [-0.2, 0) is 9.09 Å². The molecular formula is C9H17Cl2N2O2PS. The van der Waals surface area contributed by atoms with Gasteiger partial charge in [0.15, 0.2) is 0 Å². The molecule has 0 aliphatic carbocycles. The van der Waals surface area contributed by atoms with Gasteiger partial charge in [0.2, 0.25) is 0 Å². The standard InChI is InChI=1S/C9H17Cl2N2O2PS/c10-2-4-12(5-3-11)16(14)13-6-8-17-9(13)1-7-15-16/h9H,1-8H2. The number of hydrogen-bond acceptors (Lipinski definition) is 3. The van der Waals surface area contributed by atoms with Gasteiger partial charge in [-0.1, -0.05) is 0 Å². The zero-order chi connectivity index (χ0) is 12.3. The van der Waals surface area contributed by atoms with Gasteiger partial charge in [-0.3, -0.25) is 4.57 Å². The fraction of sp³-hybridized carbons (Fsp3) is 1.00. The minimum atomic E-state index is -2.88. The molecule has 0 spiro atoms. The molecule has 100 valence electrons. The summed E-state index contributed by atoms with van der Waals surface area (Å²) in [6.45, 7) is 2.50. The first kappa shape index (κ1) is 14.4. The molecule has 2 unspecified atom stereocenters. The molecule has 2 atom stereocenters. The van der Waals surface area contributed by atoms with E-state index < -0.39 is 7.67 Å². The van der Waals surface area contributed by atoms with Crippen LogP contribution < -0.4 is 0 Å². The number of halogens is 2. The molecule has 0 N–H and O–H groups in total. The van der Waals surface area contributed by atoms with Crippen molar-refractivity contribution in [2.24, 2.45) is 0 Å². The molecule has 2 aliphatic heterocycles. The molecule has 0 aromatic rings. The van der Waals surface area contributed by atoms with Crippen molar-refractivity contribution in [3.05, 3.63) is 0 Å². The second kappa shape index (κ2) is 6.47. The molecule has 2 saturated heterocycles. The molecule has 8 heteroatoms. The van der Waals surface area contributed by atoms with Gasteiger partial charge in [0.1, 0.15) is 0 Å². The van der Waals surface area contributed by atoms with Crippen LogP contribution in [-0.4, -0.2) is 58.5 Å². The Hall–Kier alpha value is 1.04. The Morgan fingerprint density at radius 2 is 2.12 bits per heavy atom. The number of thioether (sulfide) groups is 1. The maximum absolute atomic E-state index is 13.0. The first-order valence-electron chi connectivity index (χ1n) is 5.73. The van der Waals surface area contributed by atoms with E-state index in [0.29, 0.717) is 36.8 Å². The molecule has 0 bridgehead atoms. The quantitative estimate of drug-likeness (QED) is 0.575. The van der Waals surface area contributed by atoms with Crippen LogP contribution in [0.3, 0.4) is 0 Å². The summed E-state index contributed by atoms with van der Waals surface area (Å²) in [6, 6.07) is 0. The monoisotopic (exact) mass is 318 g/mol. The Morgan fingerprint density at radius 3 is 2.76 bits per heavy atom. The van der Waals surface area contributed by atoms with Crippen LogP contribution >= 0.6 is 42.6 Å². The highest BCUT2D eigenvalue weighted by molar-refractivity contribution is 8.00. The molecule has 17 heavy (non-hydrogen) atoms. The summed E-state index contributed by atoms with van der Waals surface area (Å²) in [4.78, 5) is 0. The lowest BCUT2D eigenvalue weighted by Gasteiger charge is -2.41. The minimum absolute atomic E-state index is 0.336. The summed E-state index contributed by atoms with van der Waals surface area (Å²) in [5, 5.41) is 0.336. The fourth-order valence-electron chi connectivity index (χ4n) is 2.18. The van der Waals surface area contributed by atoms with Crippen molar-refractivity contribution < 1.29 is 9.09 Å². The summed E-state index contributed by atoms with van der Waals surface area (Å²) in [5.74, 6) is 1.90.